The Kier molecular flexibility index (Phi) is 7.32. The van der Waals surface area contributed by atoms with E-state index < -0.39 is 5.41 Å². The zero-order valence-corrected chi connectivity index (χ0v) is 30.2. The summed E-state index contributed by atoms with van der Waals surface area (Å²) in [4.78, 5) is 19.8. The lowest BCUT2D eigenvalue weighted by Crippen LogP contribution is -2.35. The number of aromatic nitrogens is 4. The van der Waals surface area contributed by atoms with E-state index in [1.54, 1.807) is 0 Å². The zero-order valence-electron chi connectivity index (χ0n) is 30.2. The van der Waals surface area contributed by atoms with E-state index in [0.717, 1.165) is 83.7 Å². The summed E-state index contributed by atoms with van der Waals surface area (Å²) in [5.74, 6) is 2.94. The van der Waals surface area contributed by atoms with E-state index >= 15 is 0 Å². The summed E-state index contributed by atoms with van der Waals surface area (Å²) in [5.41, 5.74) is 11.4. The van der Waals surface area contributed by atoms with Gasteiger partial charge in [-0.15, -0.1) is 0 Å². The fraction of sp³-hybridized carbons (Fsp3) is 0.0196. The topological polar surface area (TPSA) is 60.8 Å². The summed E-state index contributed by atoms with van der Waals surface area (Å²) in [6.07, 6.45) is 8.13. The van der Waals surface area contributed by atoms with Crippen molar-refractivity contribution in [2.45, 2.75) is 5.41 Å². The Bertz CT molecular complexity index is 3000. The van der Waals surface area contributed by atoms with Crippen LogP contribution >= 0.6 is 0 Å². The molecule has 9 aromatic rings. The number of rotatable bonds is 4. The molecule has 11 rings (SSSR count). The Morgan fingerprint density at radius 2 is 1.05 bits per heavy atom. The molecule has 0 bridgehead atoms. The van der Waals surface area contributed by atoms with Crippen LogP contribution in [0.15, 0.2) is 182 Å². The average molecular weight is 717 g/mol. The molecule has 5 nitrogen and oxygen atoms in total. The van der Waals surface area contributed by atoms with Crippen molar-refractivity contribution in [1.82, 2.24) is 19.9 Å². The molecule has 0 radical (unpaired) electrons. The lowest BCUT2D eigenvalue weighted by atomic mass is 9.62. The molecule has 1 spiro atoms. The number of hydrogen-bond acceptors (Lipinski definition) is 5. The van der Waals surface area contributed by atoms with Gasteiger partial charge in [0.05, 0.1) is 22.4 Å². The lowest BCUT2D eigenvalue weighted by Gasteiger charge is -2.42. The molecule has 0 saturated heterocycles. The summed E-state index contributed by atoms with van der Waals surface area (Å²) in [5, 5.41) is 2.22. The summed E-state index contributed by atoms with van der Waals surface area (Å²) in [7, 11) is 0. The van der Waals surface area contributed by atoms with Crippen molar-refractivity contribution in [3.05, 3.63) is 216 Å². The van der Waals surface area contributed by atoms with Gasteiger partial charge in [-0.2, -0.15) is 0 Å². The molecule has 1 aliphatic carbocycles. The van der Waals surface area contributed by atoms with Crippen molar-refractivity contribution in [3.8, 4) is 56.8 Å². The quantitative estimate of drug-likeness (QED) is 0.181. The molecule has 56 heavy (non-hydrogen) atoms. The van der Waals surface area contributed by atoms with Gasteiger partial charge < -0.3 is 4.74 Å². The van der Waals surface area contributed by atoms with Gasteiger partial charge >= 0.3 is 0 Å². The highest BCUT2D eigenvalue weighted by molar-refractivity contribution is 5.94. The van der Waals surface area contributed by atoms with Crippen LogP contribution in [0.1, 0.15) is 33.4 Å². The standard InChI is InChI=1S/C51H32N4O/c1-3-15-36(16-4-1)45-30-46(55-50(54-45)39-31-52-49(53-32-39)37-17-5-2-6-18-37)38-26-25-35-24-23-34-14-8-10-20-41(34)51(44(35)29-38)42-21-11-12-22-47(42)56-48-40-19-9-7-13-33(40)27-28-43(48)51/h1-32H. The number of nitrogens with zero attached hydrogens (tertiary/aromatic N) is 4. The van der Waals surface area contributed by atoms with E-state index in [4.69, 9.17) is 24.7 Å². The summed E-state index contributed by atoms with van der Waals surface area (Å²) < 4.78 is 6.92. The molecule has 0 saturated carbocycles. The van der Waals surface area contributed by atoms with Crippen molar-refractivity contribution in [2.24, 2.45) is 0 Å². The first-order valence-corrected chi connectivity index (χ1v) is 18.8. The van der Waals surface area contributed by atoms with Crippen LogP contribution in [0.5, 0.6) is 11.5 Å². The van der Waals surface area contributed by atoms with Crippen molar-refractivity contribution in [3.63, 3.8) is 0 Å². The predicted octanol–water partition coefficient (Wildman–Crippen LogP) is 12.1. The maximum Gasteiger partial charge on any atom is 0.163 e. The Balaban J connectivity index is 1.17. The third-order valence-electron chi connectivity index (χ3n) is 11.1. The van der Waals surface area contributed by atoms with E-state index in [9.17, 15) is 0 Å². The molecule has 3 heterocycles. The lowest BCUT2D eigenvalue weighted by molar-refractivity contribution is 0.439. The molecule has 2 aliphatic rings. The number of hydrogen-bond donors (Lipinski definition) is 0. The van der Waals surface area contributed by atoms with E-state index in [-0.39, 0.29) is 0 Å². The minimum atomic E-state index is -0.709. The van der Waals surface area contributed by atoms with Crippen molar-refractivity contribution >= 4 is 22.9 Å². The Morgan fingerprint density at radius 1 is 0.411 bits per heavy atom. The predicted molar refractivity (Wildman–Crippen MR) is 224 cm³/mol. The van der Waals surface area contributed by atoms with E-state index in [1.807, 2.05) is 60.9 Å². The van der Waals surface area contributed by atoms with E-state index in [0.29, 0.717) is 11.6 Å². The van der Waals surface area contributed by atoms with Gasteiger partial charge in [0, 0.05) is 45.6 Å². The highest BCUT2D eigenvalue weighted by Crippen LogP contribution is 2.59. The largest absolute Gasteiger partial charge is 0.456 e. The number of fused-ring (bicyclic) bond motifs is 10. The van der Waals surface area contributed by atoms with Crippen LogP contribution in [0.4, 0.5) is 0 Å². The van der Waals surface area contributed by atoms with Crippen LogP contribution in [0.3, 0.4) is 0 Å². The fourth-order valence-electron chi connectivity index (χ4n) is 8.50. The summed E-state index contributed by atoms with van der Waals surface area (Å²) >= 11 is 0. The molecule has 1 aliphatic heterocycles. The Morgan fingerprint density at radius 3 is 1.86 bits per heavy atom. The smallest absolute Gasteiger partial charge is 0.163 e. The zero-order chi connectivity index (χ0) is 37.1. The van der Waals surface area contributed by atoms with Crippen LogP contribution < -0.4 is 4.74 Å². The molecule has 262 valence electrons. The molecule has 1 atom stereocenters. The van der Waals surface area contributed by atoms with Crippen molar-refractivity contribution in [2.75, 3.05) is 0 Å². The third kappa shape index (κ3) is 5.02. The first-order valence-electron chi connectivity index (χ1n) is 18.8. The maximum atomic E-state index is 6.92. The van der Waals surface area contributed by atoms with Gasteiger partial charge in [-0.25, -0.2) is 19.9 Å². The maximum absolute atomic E-state index is 6.92. The third-order valence-corrected chi connectivity index (χ3v) is 11.1. The van der Waals surface area contributed by atoms with Gasteiger partial charge in [0.25, 0.3) is 0 Å². The summed E-state index contributed by atoms with van der Waals surface area (Å²) in [6.45, 7) is 0. The van der Waals surface area contributed by atoms with Crippen LogP contribution in [0.25, 0.3) is 68.2 Å². The van der Waals surface area contributed by atoms with Gasteiger partial charge in [-0.1, -0.05) is 164 Å². The van der Waals surface area contributed by atoms with E-state index in [1.165, 1.54) is 5.56 Å². The monoisotopic (exact) mass is 716 g/mol. The van der Waals surface area contributed by atoms with Crippen LogP contribution in [0.2, 0.25) is 0 Å². The molecule has 7 aromatic carbocycles. The SMILES string of the molecule is C1=Cc2ccc(-c3cc(-c4ccccc4)nc(-c4cnc(-c5ccccc5)nc4)n3)cc2C2(c3ccccc31)c1ccccc1Oc1c2ccc2ccccc12. The number of para-hydroxylation sites is 1. The molecule has 2 aromatic heterocycles. The summed E-state index contributed by atoms with van der Waals surface area (Å²) in [6, 6.07) is 59.3. The van der Waals surface area contributed by atoms with Gasteiger partial charge in [0.1, 0.15) is 11.5 Å². The Labute approximate surface area is 324 Å². The van der Waals surface area contributed by atoms with E-state index in [2.05, 4.69) is 133 Å². The minimum Gasteiger partial charge on any atom is -0.456 e. The highest BCUT2D eigenvalue weighted by Gasteiger charge is 2.48. The molecule has 0 amide bonds. The fourth-order valence-corrected chi connectivity index (χ4v) is 8.50. The second-order valence-electron chi connectivity index (χ2n) is 14.2. The van der Waals surface area contributed by atoms with Crippen LogP contribution in [-0.4, -0.2) is 19.9 Å². The Hall–Kier alpha value is -7.50. The molecular weight excluding hydrogens is 685 g/mol. The van der Waals surface area contributed by atoms with Gasteiger partial charge in [0.15, 0.2) is 11.6 Å². The van der Waals surface area contributed by atoms with Gasteiger partial charge in [0.2, 0.25) is 0 Å². The molecule has 5 heteroatoms. The average Bonchev–Trinajstić information content (AvgIpc) is 3.42. The van der Waals surface area contributed by atoms with Crippen molar-refractivity contribution < 1.29 is 4.74 Å². The van der Waals surface area contributed by atoms with Gasteiger partial charge in [-0.3, -0.25) is 0 Å². The normalized spacial score (nSPS) is 14.9. The van der Waals surface area contributed by atoms with Crippen LogP contribution in [-0.2, 0) is 5.41 Å². The highest BCUT2D eigenvalue weighted by atomic mass is 16.5. The molecule has 0 fully saturated rings. The molecular formula is C51H32N4O. The number of ether oxygens (including phenoxy) is 1. The number of benzene rings is 7. The second kappa shape index (κ2) is 12.8. The van der Waals surface area contributed by atoms with Gasteiger partial charge in [-0.05, 0) is 45.8 Å². The van der Waals surface area contributed by atoms with Crippen molar-refractivity contribution in [1.29, 1.82) is 0 Å². The minimum absolute atomic E-state index is 0.559. The first-order chi connectivity index (χ1) is 27.7. The van der Waals surface area contributed by atoms with Crippen LogP contribution in [0, 0.1) is 0 Å². The first kappa shape index (κ1) is 32.0. The molecule has 1 unspecified atom stereocenters. The second-order valence-corrected chi connectivity index (χ2v) is 14.2. The molecule has 0 N–H and O–H groups in total.